The van der Waals surface area contributed by atoms with E-state index in [0.717, 1.165) is 0 Å². The Morgan fingerprint density at radius 3 is 2.08 bits per heavy atom. The molecule has 0 saturated heterocycles. The molecule has 3 amide bonds. The summed E-state index contributed by atoms with van der Waals surface area (Å²) in [4.78, 5) is 34.8. The molecular weight excluding hydrogens is 374 g/mol. The minimum absolute atomic E-state index is 0.145. The van der Waals surface area contributed by atoms with Crippen LogP contribution < -0.4 is 16.0 Å². The van der Waals surface area contributed by atoms with Crippen molar-refractivity contribution < 1.29 is 14.4 Å². The predicted octanol–water partition coefficient (Wildman–Crippen LogP) is 2.78. The first-order valence-corrected chi connectivity index (χ1v) is 7.95. The Balaban J connectivity index is 1.86. The highest BCUT2D eigenvalue weighted by atomic mass is 79.9. The molecule has 24 heavy (non-hydrogen) atoms. The lowest BCUT2D eigenvalue weighted by atomic mass is 10.2. The maximum atomic E-state index is 12.0. The molecule has 0 aliphatic rings. The summed E-state index contributed by atoms with van der Waals surface area (Å²) < 4.78 is 0.663. The normalized spacial score (nSPS) is 9.92. The molecule has 0 saturated carbocycles. The van der Waals surface area contributed by atoms with Gasteiger partial charge in [0.05, 0.1) is 12.1 Å². The van der Waals surface area contributed by atoms with Crippen LogP contribution in [-0.2, 0) is 9.59 Å². The second-order valence-electron chi connectivity index (χ2n) is 4.97. The van der Waals surface area contributed by atoms with Crippen LogP contribution in [0.4, 0.5) is 11.4 Å². The lowest BCUT2D eigenvalue weighted by Crippen LogP contribution is -2.33. The van der Waals surface area contributed by atoms with Gasteiger partial charge >= 0.3 is 0 Å². The van der Waals surface area contributed by atoms with E-state index in [1.165, 1.54) is 6.92 Å². The number of hydrogen-bond acceptors (Lipinski definition) is 3. The van der Waals surface area contributed by atoms with Crippen molar-refractivity contribution in [3.63, 3.8) is 0 Å². The van der Waals surface area contributed by atoms with Gasteiger partial charge in [0.1, 0.15) is 0 Å². The lowest BCUT2D eigenvalue weighted by molar-refractivity contribution is -0.115. The Hall–Kier alpha value is -2.67. The van der Waals surface area contributed by atoms with Gasteiger partial charge in [-0.2, -0.15) is 0 Å². The Labute approximate surface area is 147 Å². The van der Waals surface area contributed by atoms with Crippen LogP contribution in [-0.4, -0.2) is 24.3 Å². The number of halogens is 1. The van der Waals surface area contributed by atoms with Crippen LogP contribution in [0.1, 0.15) is 17.3 Å². The fourth-order valence-corrected chi connectivity index (χ4v) is 2.41. The van der Waals surface area contributed by atoms with Gasteiger partial charge in [0, 0.05) is 22.8 Å². The number of carbonyl (C=O) groups excluding carboxylic acids is 3. The quantitative estimate of drug-likeness (QED) is 0.734. The standard InChI is InChI=1S/C17H16BrN3O3/c1-11(22)20-12-6-8-13(9-7-12)21-16(23)10-19-17(24)14-4-2-3-5-15(14)18/h2-9H,10H2,1H3,(H,19,24)(H,20,22)(H,21,23). The van der Waals surface area contributed by atoms with E-state index in [0.29, 0.717) is 21.4 Å². The van der Waals surface area contributed by atoms with Crippen molar-refractivity contribution in [3.8, 4) is 0 Å². The summed E-state index contributed by atoms with van der Waals surface area (Å²) in [6.45, 7) is 1.27. The third-order valence-corrected chi connectivity index (χ3v) is 3.71. The maximum Gasteiger partial charge on any atom is 0.252 e. The van der Waals surface area contributed by atoms with Crippen molar-refractivity contribution in [2.24, 2.45) is 0 Å². The average Bonchev–Trinajstić information content (AvgIpc) is 2.54. The summed E-state index contributed by atoms with van der Waals surface area (Å²) in [6, 6.07) is 13.7. The Kier molecular flexibility index (Phi) is 6.08. The van der Waals surface area contributed by atoms with Gasteiger partial charge in [-0.05, 0) is 52.3 Å². The minimum Gasteiger partial charge on any atom is -0.343 e. The van der Waals surface area contributed by atoms with E-state index in [9.17, 15) is 14.4 Å². The predicted molar refractivity (Wildman–Crippen MR) is 95.9 cm³/mol. The van der Waals surface area contributed by atoms with Gasteiger partial charge in [0.15, 0.2) is 0 Å². The van der Waals surface area contributed by atoms with Crippen LogP contribution in [0.3, 0.4) is 0 Å². The first kappa shape index (κ1) is 17.7. The van der Waals surface area contributed by atoms with Gasteiger partial charge < -0.3 is 16.0 Å². The van der Waals surface area contributed by atoms with Crippen molar-refractivity contribution >= 4 is 45.0 Å². The topological polar surface area (TPSA) is 87.3 Å². The Morgan fingerprint density at radius 1 is 0.917 bits per heavy atom. The first-order chi connectivity index (χ1) is 11.5. The second kappa shape index (κ2) is 8.26. The summed E-state index contributed by atoms with van der Waals surface area (Å²) in [6.07, 6.45) is 0. The number of benzene rings is 2. The SMILES string of the molecule is CC(=O)Nc1ccc(NC(=O)CNC(=O)c2ccccc2Br)cc1. The molecule has 0 aliphatic heterocycles. The number of amides is 3. The largest absolute Gasteiger partial charge is 0.343 e. The molecule has 2 aromatic rings. The van der Waals surface area contributed by atoms with Gasteiger partial charge in [0.25, 0.3) is 5.91 Å². The molecule has 2 rings (SSSR count). The summed E-state index contributed by atoms with van der Waals surface area (Å²) in [5.41, 5.74) is 1.68. The summed E-state index contributed by atoms with van der Waals surface area (Å²) >= 11 is 3.29. The maximum absolute atomic E-state index is 12.0. The first-order valence-electron chi connectivity index (χ1n) is 7.16. The van der Waals surface area contributed by atoms with E-state index < -0.39 is 0 Å². The molecule has 124 valence electrons. The van der Waals surface area contributed by atoms with Gasteiger partial charge in [-0.25, -0.2) is 0 Å². The zero-order valence-corrected chi connectivity index (χ0v) is 14.5. The number of carbonyl (C=O) groups is 3. The molecule has 0 heterocycles. The zero-order chi connectivity index (χ0) is 17.5. The van der Waals surface area contributed by atoms with Crippen molar-refractivity contribution in [2.75, 3.05) is 17.2 Å². The van der Waals surface area contributed by atoms with Crippen LogP contribution in [0.25, 0.3) is 0 Å². The fourth-order valence-electron chi connectivity index (χ4n) is 1.95. The van der Waals surface area contributed by atoms with E-state index in [2.05, 4.69) is 31.9 Å². The van der Waals surface area contributed by atoms with Crippen molar-refractivity contribution in [1.82, 2.24) is 5.32 Å². The molecule has 0 unspecified atom stereocenters. The van der Waals surface area contributed by atoms with Gasteiger partial charge in [-0.15, -0.1) is 0 Å². The lowest BCUT2D eigenvalue weighted by Gasteiger charge is -2.09. The van der Waals surface area contributed by atoms with Crippen LogP contribution in [0.5, 0.6) is 0 Å². The number of rotatable bonds is 5. The van der Waals surface area contributed by atoms with E-state index in [4.69, 9.17) is 0 Å². The zero-order valence-electron chi connectivity index (χ0n) is 12.9. The molecule has 0 bridgehead atoms. The molecule has 0 radical (unpaired) electrons. The average molecular weight is 390 g/mol. The van der Waals surface area contributed by atoms with Gasteiger partial charge in [0.2, 0.25) is 11.8 Å². The van der Waals surface area contributed by atoms with Crippen LogP contribution >= 0.6 is 15.9 Å². The number of nitrogens with one attached hydrogen (secondary N) is 3. The third-order valence-electron chi connectivity index (χ3n) is 3.02. The van der Waals surface area contributed by atoms with Gasteiger partial charge in [-0.1, -0.05) is 12.1 Å². The van der Waals surface area contributed by atoms with Crippen LogP contribution in [0, 0.1) is 0 Å². The molecule has 0 aromatic heterocycles. The van der Waals surface area contributed by atoms with E-state index in [1.54, 1.807) is 48.5 Å². The minimum atomic E-state index is -0.345. The van der Waals surface area contributed by atoms with Gasteiger partial charge in [-0.3, -0.25) is 14.4 Å². The molecule has 0 fully saturated rings. The van der Waals surface area contributed by atoms with Crippen molar-refractivity contribution in [2.45, 2.75) is 6.92 Å². The second-order valence-corrected chi connectivity index (χ2v) is 5.82. The molecule has 3 N–H and O–H groups in total. The smallest absolute Gasteiger partial charge is 0.252 e. The summed E-state index contributed by atoms with van der Waals surface area (Å²) in [5.74, 6) is -0.845. The molecule has 0 aliphatic carbocycles. The van der Waals surface area contributed by atoms with E-state index in [1.807, 2.05) is 0 Å². The molecule has 2 aromatic carbocycles. The van der Waals surface area contributed by atoms with Crippen molar-refractivity contribution in [1.29, 1.82) is 0 Å². The third kappa shape index (κ3) is 5.20. The molecule has 0 spiro atoms. The fraction of sp³-hybridized carbons (Fsp3) is 0.118. The molecule has 6 nitrogen and oxygen atoms in total. The molecule has 0 atom stereocenters. The van der Waals surface area contributed by atoms with Crippen LogP contribution in [0.2, 0.25) is 0 Å². The van der Waals surface area contributed by atoms with Crippen LogP contribution in [0.15, 0.2) is 53.0 Å². The monoisotopic (exact) mass is 389 g/mol. The Morgan fingerprint density at radius 2 is 1.50 bits per heavy atom. The molecular formula is C17H16BrN3O3. The highest BCUT2D eigenvalue weighted by Crippen LogP contribution is 2.15. The Bertz CT molecular complexity index is 760. The number of hydrogen-bond donors (Lipinski definition) is 3. The highest BCUT2D eigenvalue weighted by Gasteiger charge is 2.10. The summed E-state index contributed by atoms with van der Waals surface area (Å²) in [5, 5.41) is 7.86. The van der Waals surface area contributed by atoms with Crippen molar-refractivity contribution in [3.05, 3.63) is 58.6 Å². The molecule has 7 heteroatoms. The van der Waals surface area contributed by atoms with E-state index >= 15 is 0 Å². The van der Waals surface area contributed by atoms with E-state index in [-0.39, 0.29) is 24.3 Å². The number of anilines is 2. The summed E-state index contributed by atoms with van der Waals surface area (Å²) in [7, 11) is 0. The highest BCUT2D eigenvalue weighted by molar-refractivity contribution is 9.10.